The van der Waals surface area contributed by atoms with Gasteiger partial charge in [0.05, 0.1) is 26.1 Å². The minimum absolute atomic E-state index is 0.0330. The van der Waals surface area contributed by atoms with E-state index in [2.05, 4.69) is 6.92 Å². The number of rotatable bonds is 17. The van der Waals surface area contributed by atoms with Crippen LogP contribution in [0.1, 0.15) is 89.5 Å². The summed E-state index contributed by atoms with van der Waals surface area (Å²) in [5.74, 6) is -0.750. The third-order valence-corrected chi connectivity index (χ3v) is 5.53. The fourth-order valence-corrected chi connectivity index (χ4v) is 3.63. The molecule has 0 aliphatic carbocycles. The number of unbranched alkanes of at least 4 members (excludes halogenated alkanes) is 9. The Morgan fingerprint density at radius 1 is 0.767 bits per heavy atom. The number of halogens is 2. The fraction of sp³-hybridized carbons (Fsp3) is 0.667. The van der Waals surface area contributed by atoms with Gasteiger partial charge >= 0.3 is 11.9 Å². The van der Waals surface area contributed by atoms with E-state index in [1.165, 1.54) is 51.4 Å². The van der Waals surface area contributed by atoms with E-state index in [1.54, 1.807) is 12.1 Å². The van der Waals surface area contributed by atoms with Gasteiger partial charge < -0.3 is 9.47 Å². The van der Waals surface area contributed by atoms with Gasteiger partial charge in [-0.2, -0.15) is 0 Å². The first kappa shape index (κ1) is 26.8. The molecule has 0 amide bonds. The second-order valence-corrected chi connectivity index (χ2v) is 8.45. The Morgan fingerprint density at radius 2 is 1.30 bits per heavy atom. The highest BCUT2D eigenvalue weighted by Crippen LogP contribution is 2.21. The van der Waals surface area contributed by atoms with Gasteiger partial charge in [-0.15, -0.1) is 0 Å². The van der Waals surface area contributed by atoms with Crippen LogP contribution in [0.25, 0.3) is 0 Å². The van der Waals surface area contributed by atoms with Crippen LogP contribution >= 0.6 is 23.2 Å². The molecule has 6 heteroatoms. The summed E-state index contributed by atoms with van der Waals surface area (Å²) in [5, 5.41) is 1.12. The number of carbonyl (C=O) groups is 2. The number of esters is 2. The van der Waals surface area contributed by atoms with E-state index in [0.717, 1.165) is 18.4 Å². The van der Waals surface area contributed by atoms with Crippen molar-refractivity contribution in [3.05, 3.63) is 33.8 Å². The van der Waals surface area contributed by atoms with Crippen LogP contribution in [-0.2, 0) is 25.5 Å². The molecule has 1 aromatic carbocycles. The molecular weight excluding hydrogens is 423 g/mol. The molecule has 0 spiro atoms. The minimum Gasteiger partial charge on any atom is -0.466 e. The molecule has 0 N–H and O–H groups in total. The summed E-state index contributed by atoms with van der Waals surface area (Å²) < 4.78 is 10.3. The van der Waals surface area contributed by atoms with E-state index < -0.39 is 5.97 Å². The van der Waals surface area contributed by atoms with Gasteiger partial charge in [0.1, 0.15) is 0 Å². The molecule has 0 atom stereocenters. The van der Waals surface area contributed by atoms with Crippen LogP contribution in [0.2, 0.25) is 10.0 Å². The summed E-state index contributed by atoms with van der Waals surface area (Å²) in [4.78, 5) is 23.5. The normalized spacial score (nSPS) is 10.8. The van der Waals surface area contributed by atoms with Gasteiger partial charge in [0.15, 0.2) is 0 Å². The summed E-state index contributed by atoms with van der Waals surface area (Å²) in [6.45, 7) is 2.88. The SMILES string of the molecule is CCCCCCCCCCCCOC(=O)CCC(=O)OCCc1ccc(Cl)cc1Cl. The molecule has 1 aromatic rings. The third-order valence-electron chi connectivity index (χ3n) is 4.94. The predicted molar refractivity (Wildman–Crippen MR) is 123 cm³/mol. The molecule has 0 aliphatic rings. The number of hydrogen-bond acceptors (Lipinski definition) is 4. The molecule has 0 radical (unpaired) electrons. The molecule has 0 saturated heterocycles. The van der Waals surface area contributed by atoms with Gasteiger partial charge in [-0.05, 0) is 24.1 Å². The van der Waals surface area contributed by atoms with Crippen LogP contribution in [0, 0.1) is 0 Å². The third kappa shape index (κ3) is 13.9. The van der Waals surface area contributed by atoms with Crippen molar-refractivity contribution in [2.24, 2.45) is 0 Å². The Hall–Kier alpha value is -1.26. The van der Waals surface area contributed by atoms with Crippen LogP contribution in [0.5, 0.6) is 0 Å². The van der Waals surface area contributed by atoms with Crippen molar-refractivity contribution < 1.29 is 19.1 Å². The van der Waals surface area contributed by atoms with Gasteiger partial charge in [0.2, 0.25) is 0 Å². The predicted octanol–water partition coefficient (Wildman–Crippen LogP) is 7.32. The lowest BCUT2D eigenvalue weighted by Crippen LogP contribution is -2.12. The summed E-state index contributed by atoms with van der Waals surface area (Å²) in [6, 6.07) is 5.21. The molecule has 30 heavy (non-hydrogen) atoms. The average Bonchev–Trinajstić information content (AvgIpc) is 2.72. The van der Waals surface area contributed by atoms with Crippen LogP contribution in [0.3, 0.4) is 0 Å². The summed E-state index contributed by atoms with van der Waals surface area (Å²) in [5.41, 5.74) is 0.866. The van der Waals surface area contributed by atoms with Gasteiger partial charge in [-0.25, -0.2) is 0 Å². The topological polar surface area (TPSA) is 52.6 Å². The zero-order valence-corrected chi connectivity index (χ0v) is 19.7. The van der Waals surface area contributed by atoms with Crippen molar-refractivity contribution in [3.8, 4) is 0 Å². The fourth-order valence-electron chi connectivity index (χ4n) is 3.12. The number of ether oxygens (including phenoxy) is 2. The molecule has 0 aromatic heterocycles. The van der Waals surface area contributed by atoms with Gasteiger partial charge in [-0.1, -0.05) is 94.0 Å². The van der Waals surface area contributed by atoms with Crippen molar-refractivity contribution in [1.29, 1.82) is 0 Å². The minimum atomic E-state index is -0.407. The number of carbonyl (C=O) groups excluding carboxylic acids is 2. The summed E-state index contributed by atoms with van der Waals surface area (Å²) in [6.07, 6.45) is 13.0. The maximum atomic E-state index is 11.8. The van der Waals surface area contributed by atoms with E-state index in [1.807, 2.05) is 6.07 Å². The lowest BCUT2D eigenvalue weighted by Gasteiger charge is -2.07. The first-order chi connectivity index (χ1) is 14.5. The van der Waals surface area contributed by atoms with Crippen LogP contribution in [-0.4, -0.2) is 25.2 Å². The highest BCUT2D eigenvalue weighted by Gasteiger charge is 2.10. The van der Waals surface area contributed by atoms with E-state index in [4.69, 9.17) is 32.7 Å². The van der Waals surface area contributed by atoms with E-state index in [0.29, 0.717) is 23.1 Å². The maximum absolute atomic E-state index is 11.8. The molecule has 0 saturated carbocycles. The summed E-state index contributed by atoms with van der Waals surface area (Å²) in [7, 11) is 0. The molecule has 4 nitrogen and oxygen atoms in total. The van der Waals surface area contributed by atoms with E-state index >= 15 is 0 Å². The monoisotopic (exact) mass is 458 g/mol. The largest absolute Gasteiger partial charge is 0.466 e. The first-order valence-corrected chi connectivity index (χ1v) is 12.0. The first-order valence-electron chi connectivity index (χ1n) is 11.3. The average molecular weight is 459 g/mol. The zero-order valence-electron chi connectivity index (χ0n) is 18.2. The van der Waals surface area contributed by atoms with Crippen LogP contribution < -0.4 is 0 Å². The Balaban J connectivity index is 1.95. The lowest BCUT2D eigenvalue weighted by atomic mass is 10.1. The van der Waals surface area contributed by atoms with Gasteiger partial charge in [-0.3, -0.25) is 9.59 Å². The quantitative estimate of drug-likeness (QED) is 0.181. The number of hydrogen-bond donors (Lipinski definition) is 0. The van der Waals surface area contributed by atoms with Crippen molar-refractivity contribution in [1.82, 2.24) is 0 Å². The van der Waals surface area contributed by atoms with Crippen molar-refractivity contribution in [3.63, 3.8) is 0 Å². The van der Waals surface area contributed by atoms with Crippen molar-refractivity contribution in [2.75, 3.05) is 13.2 Å². The smallest absolute Gasteiger partial charge is 0.306 e. The maximum Gasteiger partial charge on any atom is 0.306 e. The van der Waals surface area contributed by atoms with Gasteiger partial charge in [0, 0.05) is 16.5 Å². The van der Waals surface area contributed by atoms with Crippen LogP contribution in [0.15, 0.2) is 18.2 Å². The van der Waals surface area contributed by atoms with E-state index in [-0.39, 0.29) is 25.4 Å². The zero-order chi connectivity index (χ0) is 22.0. The molecule has 0 heterocycles. The standard InChI is InChI=1S/C24H36Cl2O4/c1-2-3-4-5-6-7-8-9-10-11-17-29-23(27)14-15-24(28)30-18-16-20-12-13-21(25)19-22(20)26/h12-13,19H,2-11,14-18H2,1H3. The lowest BCUT2D eigenvalue weighted by molar-refractivity contribution is -0.150. The highest BCUT2D eigenvalue weighted by molar-refractivity contribution is 6.35. The Labute approximate surface area is 191 Å². The summed E-state index contributed by atoms with van der Waals surface area (Å²) >= 11 is 11.9. The second-order valence-electron chi connectivity index (χ2n) is 7.61. The molecule has 0 bridgehead atoms. The van der Waals surface area contributed by atoms with Crippen molar-refractivity contribution in [2.45, 2.75) is 90.4 Å². The molecule has 0 aliphatic heterocycles. The van der Waals surface area contributed by atoms with Gasteiger partial charge in [0.25, 0.3) is 0 Å². The molecule has 1 rings (SSSR count). The Morgan fingerprint density at radius 3 is 1.87 bits per heavy atom. The number of benzene rings is 1. The molecular formula is C24H36Cl2O4. The van der Waals surface area contributed by atoms with Crippen molar-refractivity contribution >= 4 is 35.1 Å². The Kier molecular flexibility index (Phi) is 15.6. The van der Waals surface area contributed by atoms with E-state index in [9.17, 15) is 9.59 Å². The second kappa shape index (κ2) is 17.4. The highest BCUT2D eigenvalue weighted by atomic mass is 35.5. The Bertz CT molecular complexity index is 619. The molecule has 170 valence electrons. The molecule has 0 unspecified atom stereocenters. The van der Waals surface area contributed by atoms with Crippen LogP contribution in [0.4, 0.5) is 0 Å². The molecule has 0 fully saturated rings.